The summed E-state index contributed by atoms with van der Waals surface area (Å²) >= 11 is 7.81. The van der Waals surface area contributed by atoms with Crippen molar-refractivity contribution in [2.24, 2.45) is 0 Å². The number of rotatable bonds is 4. The van der Waals surface area contributed by atoms with Crippen molar-refractivity contribution in [1.29, 1.82) is 0 Å². The van der Waals surface area contributed by atoms with E-state index in [1.165, 1.54) is 19.4 Å². The van der Waals surface area contributed by atoms with Crippen molar-refractivity contribution in [2.75, 3.05) is 13.7 Å². The molecule has 1 aromatic rings. The second kappa shape index (κ2) is 6.70. The number of methoxy groups -OCH3 is 1. The van der Waals surface area contributed by atoms with Crippen LogP contribution in [0.2, 0.25) is 5.02 Å². The second-order valence-corrected chi connectivity index (χ2v) is 4.28. The van der Waals surface area contributed by atoms with Gasteiger partial charge in [0.15, 0.2) is 0 Å². The van der Waals surface area contributed by atoms with E-state index in [4.69, 9.17) is 16.3 Å². The number of hydrogen-bond acceptors (Lipinski definition) is 4. The molecule has 16 heavy (non-hydrogen) atoms. The Bertz CT molecular complexity index is 409. The van der Waals surface area contributed by atoms with E-state index in [-0.39, 0.29) is 6.61 Å². The van der Waals surface area contributed by atoms with Crippen LogP contribution in [-0.2, 0) is 9.53 Å². The summed E-state index contributed by atoms with van der Waals surface area (Å²) in [7, 11) is 1.32. The average molecular weight is 354 g/mol. The van der Waals surface area contributed by atoms with Crippen LogP contribution in [0.4, 0.5) is 0 Å². The smallest absolute Gasteiger partial charge is 0.330 e. The van der Waals surface area contributed by atoms with Gasteiger partial charge in [0.1, 0.15) is 6.61 Å². The van der Waals surface area contributed by atoms with Gasteiger partial charge in [-0.05, 0) is 34.7 Å². The highest BCUT2D eigenvalue weighted by molar-refractivity contribution is 14.1. The number of esters is 1. The summed E-state index contributed by atoms with van der Waals surface area (Å²) in [5.74, 6) is 0.0712. The first-order valence-electron chi connectivity index (χ1n) is 4.32. The zero-order valence-corrected chi connectivity index (χ0v) is 11.4. The third-order valence-corrected chi connectivity index (χ3v) is 2.52. The SMILES string of the molecule is COC(=O)/C=C/COc1ncc(Cl)cc1I. The van der Waals surface area contributed by atoms with Gasteiger partial charge in [-0.15, -0.1) is 0 Å². The zero-order chi connectivity index (χ0) is 12.0. The maximum atomic E-state index is 10.7. The summed E-state index contributed by atoms with van der Waals surface area (Å²) < 4.78 is 10.6. The second-order valence-electron chi connectivity index (χ2n) is 2.68. The summed E-state index contributed by atoms with van der Waals surface area (Å²) in [5, 5.41) is 0.557. The average Bonchev–Trinajstić information content (AvgIpc) is 2.26. The maximum absolute atomic E-state index is 10.7. The number of aromatic nitrogens is 1. The van der Waals surface area contributed by atoms with Crippen molar-refractivity contribution in [2.45, 2.75) is 0 Å². The lowest BCUT2D eigenvalue weighted by Gasteiger charge is -2.04. The minimum Gasteiger partial charge on any atom is -0.473 e. The zero-order valence-electron chi connectivity index (χ0n) is 8.44. The topological polar surface area (TPSA) is 48.4 Å². The highest BCUT2D eigenvalue weighted by Crippen LogP contribution is 2.20. The fraction of sp³-hybridized carbons (Fsp3) is 0.200. The van der Waals surface area contributed by atoms with Gasteiger partial charge in [0, 0.05) is 12.3 Å². The molecule has 6 heteroatoms. The molecule has 0 aliphatic heterocycles. The van der Waals surface area contributed by atoms with Crippen LogP contribution in [0.25, 0.3) is 0 Å². The third-order valence-electron chi connectivity index (χ3n) is 1.55. The van der Waals surface area contributed by atoms with Crippen LogP contribution in [-0.4, -0.2) is 24.7 Å². The summed E-state index contributed by atoms with van der Waals surface area (Å²) in [4.78, 5) is 14.7. The van der Waals surface area contributed by atoms with Crippen molar-refractivity contribution in [3.05, 3.63) is 33.0 Å². The number of carbonyl (C=O) groups is 1. The van der Waals surface area contributed by atoms with E-state index in [9.17, 15) is 4.79 Å². The molecule has 0 amide bonds. The number of ether oxygens (including phenoxy) is 2. The van der Waals surface area contributed by atoms with Crippen molar-refractivity contribution >= 4 is 40.2 Å². The molecule has 0 aliphatic carbocycles. The van der Waals surface area contributed by atoms with Crippen molar-refractivity contribution in [3.63, 3.8) is 0 Å². The quantitative estimate of drug-likeness (QED) is 0.474. The van der Waals surface area contributed by atoms with Gasteiger partial charge in [-0.2, -0.15) is 0 Å². The Morgan fingerprint density at radius 1 is 1.69 bits per heavy atom. The van der Waals surface area contributed by atoms with Crippen molar-refractivity contribution in [1.82, 2.24) is 4.98 Å². The number of carbonyl (C=O) groups excluding carboxylic acids is 1. The number of halogens is 2. The molecule has 0 saturated carbocycles. The molecule has 0 spiro atoms. The lowest BCUT2D eigenvalue weighted by atomic mass is 10.5. The molecule has 0 unspecified atom stereocenters. The fourth-order valence-electron chi connectivity index (χ4n) is 0.848. The monoisotopic (exact) mass is 353 g/mol. The molecule has 86 valence electrons. The molecule has 0 atom stereocenters. The third kappa shape index (κ3) is 4.36. The molecule has 0 radical (unpaired) electrons. The van der Waals surface area contributed by atoms with Crippen LogP contribution in [0.5, 0.6) is 5.88 Å². The van der Waals surface area contributed by atoms with E-state index in [2.05, 4.69) is 32.3 Å². The van der Waals surface area contributed by atoms with Crippen LogP contribution in [0.1, 0.15) is 0 Å². The molecule has 0 aliphatic rings. The lowest BCUT2D eigenvalue weighted by Crippen LogP contribution is -2.00. The number of hydrogen-bond donors (Lipinski definition) is 0. The predicted octanol–water partition coefficient (Wildman–Crippen LogP) is 2.45. The highest BCUT2D eigenvalue weighted by Gasteiger charge is 2.02. The Hall–Kier alpha value is -0.820. The van der Waals surface area contributed by atoms with Crippen LogP contribution in [0.3, 0.4) is 0 Å². The fourth-order valence-corrected chi connectivity index (χ4v) is 1.82. The molecule has 0 aromatic carbocycles. The van der Waals surface area contributed by atoms with Gasteiger partial charge in [-0.25, -0.2) is 9.78 Å². The summed E-state index contributed by atoms with van der Waals surface area (Å²) in [5.41, 5.74) is 0. The van der Waals surface area contributed by atoms with Crippen molar-refractivity contribution in [3.8, 4) is 5.88 Å². The molecule has 0 N–H and O–H groups in total. The maximum Gasteiger partial charge on any atom is 0.330 e. The molecule has 0 bridgehead atoms. The van der Waals surface area contributed by atoms with Gasteiger partial charge in [0.25, 0.3) is 0 Å². The van der Waals surface area contributed by atoms with E-state index in [1.807, 2.05) is 0 Å². The minimum atomic E-state index is -0.414. The van der Waals surface area contributed by atoms with E-state index in [0.29, 0.717) is 10.9 Å². The van der Waals surface area contributed by atoms with Gasteiger partial charge in [-0.3, -0.25) is 0 Å². The molecule has 0 fully saturated rings. The Balaban J connectivity index is 2.49. The van der Waals surface area contributed by atoms with Gasteiger partial charge >= 0.3 is 5.97 Å². The van der Waals surface area contributed by atoms with Crippen LogP contribution in [0.15, 0.2) is 24.4 Å². The first kappa shape index (κ1) is 13.2. The van der Waals surface area contributed by atoms with Crippen molar-refractivity contribution < 1.29 is 14.3 Å². The minimum absolute atomic E-state index is 0.250. The van der Waals surface area contributed by atoms with Gasteiger partial charge in [0.2, 0.25) is 5.88 Å². The Morgan fingerprint density at radius 3 is 3.06 bits per heavy atom. The molecule has 1 aromatic heterocycles. The number of pyridine rings is 1. The standard InChI is InChI=1S/C10H9ClINO3/c1-15-9(14)3-2-4-16-10-8(12)5-7(11)6-13-10/h2-3,5-6H,4H2,1H3/b3-2+. The molecule has 4 nitrogen and oxygen atoms in total. The molecule has 1 rings (SSSR count). The van der Waals surface area contributed by atoms with E-state index in [1.54, 1.807) is 12.1 Å². The normalized spacial score (nSPS) is 10.4. The predicted molar refractivity (Wildman–Crippen MR) is 68.6 cm³/mol. The Kier molecular flexibility index (Phi) is 5.54. The first-order valence-corrected chi connectivity index (χ1v) is 5.77. The van der Waals surface area contributed by atoms with Crippen LogP contribution < -0.4 is 4.74 Å². The van der Waals surface area contributed by atoms with Gasteiger partial charge < -0.3 is 9.47 Å². The van der Waals surface area contributed by atoms with E-state index in [0.717, 1.165) is 3.57 Å². The first-order chi connectivity index (χ1) is 7.63. The lowest BCUT2D eigenvalue weighted by molar-refractivity contribution is -0.134. The van der Waals surface area contributed by atoms with E-state index < -0.39 is 5.97 Å². The largest absolute Gasteiger partial charge is 0.473 e. The van der Waals surface area contributed by atoms with Crippen LogP contribution >= 0.6 is 34.2 Å². The van der Waals surface area contributed by atoms with E-state index >= 15 is 0 Å². The molecule has 0 saturated heterocycles. The Labute approximate surface area is 112 Å². The Morgan fingerprint density at radius 2 is 2.44 bits per heavy atom. The van der Waals surface area contributed by atoms with Gasteiger partial charge in [-0.1, -0.05) is 11.6 Å². The molecular formula is C10H9ClINO3. The summed E-state index contributed by atoms with van der Waals surface area (Å²) in [6.45, 7) is 0.250. The molecule has 1 heterocycles. The molecular weight excluding hydrogens is 344 g/mol. The summed E-state index contributed by atoms with van der Waals surface area (Å²) in [6, 6.07) is 1.74. The van der Waals surface area contributed by atoms with Gasteiger partial charge in [0.05, 0.1) is 15.7 Å². The summed E-state index contributed by atoms with van der Waals surface area (Å²) in [6.07, 6.45) is 4.35. The van der Waals surface area contributed by atoms with Crippen LogP contribution in [0, 0.1) is 3.57 Å². The highest BCUT2D eigenvalue weighted by atomic mass is 127. The number of nitrogens with zero attached hydrogens (tertiary/aromatic N) is 1.